The van der Waals surface area contributed by atoms with E-state index in [0.717, 1.165) is 24.4 Å². The fraction of sp³-hybridized carbons (Fsp3) is 0.583. The predicted molar refractivity (Wildman–Crippen MR) is 61.2 cm³/mol. The summed E-state index contributed by atoms with van der Waals surface area (Å²) in [5.74, 6) is 0.330. The molecule has 1 amide bonds. The number of carbonyl (C=O) groups is 1. The number of rotatable bonds is 2. The Morgan fingerprint density at radius 3 is 2.81 bits per heavy atom. The molecule has 1 atom stereocenters. The predicted octanol–water partition coefficient (Wildman–Crippen LogP) is 0.788. The summed E-state index contributed by atoms with van der Waals surface area (Å²) in [5.41, 5.74) is 1.82. The number of carbonyl (C=O) groups excluding carboxylic acids is 1. The molecule has 1 aromatic rings. The van der Waals surface area contributed by atoms with Gasteiger partial charge in [0.15, 0.2) is 0 Å². The zero-order valence-corrected chi connectivity index (χ0v) is 9.81. The molecule has 2 heterocycles. The number of aryl methyl sites for hydroxylation is 1. The Morgan fingerprint density at radius 2 is 2.31 bits per heavy atom. The zero-order valence-electron chi connectivity index (χ0n) is 9.81. The van der Waals surface area contributed by atoms with Gasteiger partial charge in [0.05, 0.1) is 0 Å². The average molecular weight is 222 g/mol. The number of hydrogen-bond donors (Lipinski definition) is 1. The molecule has 1 N–H and O–H groups in total. The molecule has 16 heavy (non-hydrogen) atoms. The van der Waals surface area contributed by atoms with E-state index in [4.69, 9.17) is 5.11 Å². The Morgan fingerprint density at radius 1 is 1.56 bits per heavy atom. The van der Waals surface area contributed by atoms with Crippen LogP contribution in [0.25, 0.3) is 0 Å². The lowest BCUT2D eigenvalue weighted by Gasteiger charge is -2.16. The topological polar surface area (TPSA) is 45.5 Å². The zero-order chi connectivity index (χ0) is 11.7. The molecular weight excluding hydrogens is 204 g/mol. The summed E-state index contributed by atoms with van der Waals surface area (Å²) in [6.45, 7) is 3.60. The SMILES string of the molecule is Cc1ccc(C(=O)N2CCC(CO)C2)n1C. The molecule has 1 saturated heterocycles. The van der Waals surface area contributed by atoms with Crippen molar-refractivity contribution in [1.82, 2.24) is 9.47 Å². The summed E-state index contributed by atoms with van der Waals surface area (Å²) in [6.07, 6.45) is 0.908. The summed E-state index contributed by atoms with van der Waals surface area (Å²) in [5, 5.41) is 9.05. The highest BCUT2D eigenvalue weighted by Gasteiger charge is 2.27. The molecule has 1 aliphatic rings. The Labute approximate surface area is 95.5 Å². The minimum absolute atomic E-state index is 0.0755. The smallest absolute Gasteiger partial charge is 0.270 e. The van der Waals surface area contributed by atoms with Gasteiger partial charge in [-0.2, -0.15) is 0 Å². The molecule has 0 spiro atoms. The molecule has 88 valence electrons. The fourth-order valence-electron chi connectivity index (χ4n) is 2.16. The molecule has 0 aliphatic carbocycles. The van der Waals surface area contributed by atoms with Crippen LogP contribution in [0.4, 0.5) is 0 Å². The van der Waals surface area contributed by atoms with E-state index in [1.165, 1.54) is 0 Å². The van der Waals surface area contributed by atoms with Crippen LogP contribution >= 0.6 is 0 Å². The number of likely N-dealkylation sites (tertiary alicyclic amines) is 1. The number of aromatic nitrogens is 1. The highest BCUT2D eigenvalue weighted by molar-refractivity contribution is 5.93. The molecule has 1 aromatic heterocycles. The van der Waals surface area contributed by atoms with Crippen LogP contribution in [0.1, 0.15) is 22.6 Å². The second-order valence-corrected chi connectivity index (χ2v) is 4.51. The van der Waals surface area contributed by atoms with Gasteiger partial charge in [-0.25, -0.2) is 0 Å². The molecule has 4 nitrogen and oxygen atoms in total. The third-order valence-electron chi connectivity index (χ3n) is 3.42. The van der Waals surface area contributed by atoms with Crippen molar-refractivity contribution in [1.29, 1.82) is 0 Å². The quantitative estimate of drug-likeness (QED) is 0.804. The number of aliphatic hydroxyl groups excluding tert-OH is 1. The Balaban J connectivity index is 2.12. The standard InChI is InChI=1S/C12H18N2O2/c1-9-3-4-11(13(9)2)12(16)14-6-5-10(7-14)8-15/h3-4,10,15H,5-8H2,1-2H3. The lowest BCUT2D eigenvalue weighted by atomic mass is 10.1. The van der Waals surface area contributed by atoms with Crippen LogP contribution < -0.4 is 0 Å². The van der Waals surface area contributed by atoms with Crippen LogP contribution in [-0.2, 0) is 7.05 Å². The van der Waals surface area contributed by atoms with E-state index >= 15 is 0 Å². The van der Waals surface area contributed by atoms with Crippen molar-refractivity contribution in [3.05, 3.63) is 23.5 Å². The van der Waals surface area contributed by atoms with Crippen molar-refractivity contribution >= 4 is 5.91 Å². The van der Waals surface area contributed by atoms with Gasteiger partial charge in [-0.3, -0.25) is 4.79 Å². The molecule has 1 fully saturated rings. The summed E-state index contributed by atoms with van der Waals surface area (Å²) < 4.78 is 1.91. The minimum Gasteiger partial charge on any atom is -0.396 e. The first-order valence-electron chi connectivity index (χ1n) is 5.66. The van der Waals surface area contributed by atoms with Crippen LogP contribution in [0, 0.1) is 12.8 Å². The number of aliphatic hydroxyl groups is 1. The molecule has 1 unspecified atom stereocenters. The lowest BCUT2D eigenvalue weighted by Crippen LogP contribution is -2.30. The van der Waals surface area contributed by atoms with Gasteiger partial charge in [0.1, 0.15) is 5.69 Å². The van der Waals surface area contributed by atoms with Crippen molar-refractivity contribution in [3.63, 3.8) is 0 Å². The van der Waals surface area contributed by atoms with Crippen LogP contribution in [0.5, 0.6) is 0 Å². The Kier molecular flexibility index (Phi) is 3.01. The van der Waals surface area contributed by atoms with Crippen molar-refractivity contribution in [3.8, 4) is 0 Å². The lowest BCUT2D eigenvalue weighted by molar-refractivity contribution is 0.0772. The van der Waals surface area contributed by atoms with E-state index in [1.54, 1.807) is 0 Å². The van der Waals surface area contributed by atoms with E-state index in [0.29, 0.717) is 6.54 Å². The summed E-state index contributed by atoms with van der Waals surface area (Å²) in [7, 11) is 1.90. The van der Waals surface area contributed by atoms with E-state index < -0.39 is 0 Å². The molecular formula is C12H18N2O2. The van der Waals surface area contributed by atoms with E-state index in [9.17, 15) is 4.79 Å². The van der Waals surface area contributed by atoms with Gasteiger partial charge in [0.2, 0.25) is 0 Å². The molecule has 2 rings (SSSR count). The molecule has 0 radical (unpaired) electrons. The van der Waals surface area contributed by atoms with Crippen LogP contribution in [0.3, 0.4) is 0 Å². The molecule has 0 saturated carbocycles. The molecule has 4 heteroatoms. The maximum Gasteiger partial charge on any atom is 0.270 e. The first-order chi connectivity index (χ1) is 7.63. The molecule has 0 aromatic carbocycles. The molecule has 1 aliphatic heterocycles. The Bertz CT molecular complexity index is 398. The first kappa shape index (κ1) is 11.2. The maximum atomic E-state index is 12.2. The number of amides is 1. The first-order valence-corrected chi connectivity index (χ1v) is 5.66. The van der Waals surface area contributed by atoms with Gasteiger partial charge in [-0.15, -0.1) is 0 Å². The average Bonchev–Trinajstić information content (AvgIpc) is 2.87. The van der Waals surface area contributed by atoms with Crippen molar-refractivity contribution < 1.29 is 9.90 Å². The van der Waals surface area contributed by atoms with Gasteiger partial charge in [-0.05, 0) is 25.5 Å². The van der Waals surface area contributed by atoms with E-state index in [2.05, 4.69) is 0 Å². The number of nitrogens with zero attached hydrogens (tertiary/aromatic N) is 2. The third kappa shape index (κ3) is 1.85. The van der Waals surface area contributed by atoms with Crippen molar-refractivity contribution in [2.45, 2.75) is 13.3 Å². The summed E-state index contributed by atoms with van der Waals surface area (Å²) >= 11 is 0. The van der Waals surface area contributed by atoms with Crippen molar-refractivity contribution in [2.24, 2.45) is 13.0 Å². The fourth-order valence-corrected chi connectivity index (χ4v) is 2.16. The molecule has 0 bridgehead atoms. The largest absolute Gasteiger partial charge is 0.396 e. The second-order valence-electron chi connectivity index (χ2n) is 4.51. The van der Waals surface area contributed by atoms with Gasteiger partial charge >= 0.3 is 0 Å². The summed E-state index contributed by atoms with van der Waals surface area (Å²) in [6, 6.07) is 3.82. The van der Waals surface area contributed by atoms with Crippen LogP contribution in [0.2, 0.25) is 0 Å². The highest BCUT2D eigenvalue weighted by Crippen LogP contribution is 2.18. The van der Waals surface area contributed by atoms with E-state index in [1.807, 2.05) is 35.6 Å². The van der Waals surface area contributed by atoms with Gasteiger partial charge < -0.3 is 14.6 Å². The van der Waals surface area contributed by atoms with Crippen LogP contribution in [0.15, 0.2) is 12.1 Å². The van der Waals surface area contributed by atoms with E-state index in [-0.39, 0.29) is 18.4 Å². The Hall–Kier alpha value is -1.29. The third-order valence-corrected chi connectivity index (χ3v) is 3.42. The second kappa shape index (κ2) is 4.29. The maximum absolute atomic E-state index is 12.2. The summed E-state index contributed by atoms with van der Waals surface area (Å²) in [4.78, 5) is 14.0. The minimum atomic E-state index is 0.0755. The van der Waals surface area contributed by atoms with Crippen molar-refractivity contribution in [2.75, 3.05) is 19.7 Å². The highest BCUT2D eigenvalue weighted by atomic mass is 16.3. The normalized spacial score (nSPS) is 20.4. The number of hydrogen-bond acceptors (Lipinski definition) is 2. The van der Waals surface area contributed by atoms with Crippen LogP contribution in [-0.4, -0.2) is 40.2 Å². The van der Waals surface area contributed by atoms with Gasteiger partial charge in [0, 0.05) is 38.4 Å². The van der Waals surface area contributed by atoms with Gasteiger partial charge in [-0.1, -0.05) is 0 Å². The van der Waals surface area contributed by atoms with Gasteiger partial charge in [0.25, 0.3) is 5.91 Å². The monoisotopic (exact) mass is 222 g/mol.